The van der Waals surface area contributed by atoms with E-state index in [4.69, 9.17) is 5.10 Å². The standard InChI is InChI=1S/C18H21N5/c1-11(2)23-16-7-6-14(9-15(16)12(3)22-23)21-18-17-13(10-20-18)5-4-8-19-17/h4-9,11,15-16H,10H2,1-3H3,(H,20,21). The van der Waals surface area contributed by atoms with Gasteiger partial charge >= 0.3 is 0 Å². The zero-order valence-corrected chi connectivity index (χ0v) is 13.7. The molecular weight excluding hydrogens is 286 g/mol. The van der Waals surface area contributed by atoms with E-state index in [1.165, 1.54) is 11.3 Å². The van der Waals surface area contributed by atoms with Gasteiger partial charge in [0.05, 0.1) is 12.6 Å². The van der Waals surface area contributed by atoms with Crippen LogP contribution in [0.15, 0.2) is 52.3 Å². The molecule has 2 unspecified atom stereocenters. The minimum absolute atomic E-state index is 0.329. The number of aromatic nitrogens is 1. The molecule has 2 atom stereocenters. The van der Waals surface area contributed by atoms with Crippen LogP contribution in [0.4, 0.5) is 0 Å². The number of aliphatic imine (C=N–C) groups is 1. The Kier molecular flexibility index (Phi) is 3.29. The summed E-state index contributed by atoms with van der Waals surface area (Å²) >= 11 is 0. The number of rotatable bonds is 2. The number of fused-ring (bicyclic) bond motifs is 2. The highest BCUT2D eigenvalue weighted by Gasteiger charge is 2.35. The Morgan fingerprint density at radius 1 is 1.35 bits per heavy atom. The molecule has 0 spiro atoms. The summed E-state index contributed by atoms with van der Waals surface area (Å²) in [7, 11) is 0. The van der Waals surface area contributed by atoms with Crippen LogP contribution in [0.2, 0.25) is 0 Å². The zero-order chi connectivity index (χ0) is 16.0. The van der Waals surface area contributed by atoms with Crippen LogP contribution in [-0.4, -0.2) is 33.6 Å². The largest absolute Gasteiger partial charge is 0.339 e. The lowest BCUT2D eigenvalue weighted by Gasteiger charge is -2.29. The van der Waals surface area contributed by atoms with E-state index in [1.807, 2.05) is 12.3 Å². The molecule has 5 heteroatoms. The van der Waals surface area contributed by atoms with Gasteiger partial charge in [-0.1, -0.05) is 12.1 Å². The first-order valence-corrected chi connectivity index (χ1v) is 8.12. The number of hydrazone groups is 1. The van der Waals surface area contributed by atoms with Crippen molar-refractivity contribution in [2.75, 3.05) is 0 Å². The fraction of sp³-hybridized carbons (Fsp3) is 0.389. The van der Waals surface area contributed by atoms with Gasteiger partial charge in [-0.25, -0.2) is 0 Å². The number of allylic oxidation sites excluding steroid dienone is 1. The summed E-state index contributed by atoms with van der Waals surface area (Å²) in [4.78, 5) is 9.02. The highest BCUT2D eigenvalue weighted by molar-refractivity contribution is 6.01. The van der Waals surface area contributed by atoms with Crippen LogP contribution >= 0.6 is 0 Å². The van der Waals surface area contributed by atoms with E-state index in [1.54, 1.807) is 0 Å². The third kappa shape index (κ3) is 2.36. The normalized spacial score (nSPS) is 25.0. The molecule has 0 saturated carbocycles. The number of amidine groups is 1. The lowest BCUT2D eigenvalue weighted by Crippen LogP contribution is -2.37. The predicted molar refractivity (Wildman–Crippen MR) is 92.2 cm³/mol. The van der Waals surface area contributed by atoms with E-state index in [-0.39, 0.29) is 0 Å². The number of pyridine rings is 1. The van der Waals surface area contributed by atoms with Gasteiger partial charge in [-0.15, -0.1) is 0 Å². The zero-order valence-electron chi connectivity index (χ0n) is 13.7. The van der Waals surface area contributed by atoms with Gasteiger partial charge in [0.1, 0.15) is 5.69 Å². The van der Waals surface area contributed by atoms with Gasteiger partial charge < -0.3 is 5.32 Å². The maximum atomic E-state index is 4.72. The molecule has 0 radical (unpaired) electrons. The second-order valence-corrected chi connectivity index (χ2v) is 6.51. The molecule has 4 rings (SSSR count). The maximum Gasteiger partial charge on any atom is 0.152 e. The Bertz CT molecular complexity index is 756. The Labute approximate surface area is 136 Å². The fourth-order valence-corrected chi connectivity index (χ4v) is 3.40. The third-order valence-electron chi connectivity index (χ3n) is 4.58. The number of nitrogens with zero attached hydrogens (tertiary/aromatic N) is 4. The Hall–Kier alpha value is -2.43. The molecule has 118 valence electrons. The van der Waals surface area contributed by atoms with Crippen molar-refractivity contribution >= 4 is 11.5 Å². The van der Waals surface area contributed by atoms with Gasteiger partial charge in [-0.2, -0.15) is 5.10 Å². The van der Waals surface area contributed by atoms with Crippen LogP contribution in [0.5, 0.6) is 0 Å². The number of hydrogen-bond donors (Lipinski definition) is 1. The summed E-state index contributed by atoms with van der Waals surface area (Å²) in [6, 6.07) is 4.77. The van der Waals surface area contributed by atoms with Crippen LogP contribution in [0.3, 0.4) is 0 Å². The molecule has 0 saturated heterocycles. The summed E-state index contributed by atoms with van der Waals surface area (Å²) in [6.07, 6.45) is 8.45. The monoisotopic (exact) mass is 307 g/mol. The van der Waals surface area contributed by atoms with E-state index in [0.29, 0.717) is 24.5 Å². The molecular formula is C18H21N5. The molecule has 0 bridgehead atoms. The second-order valence-electron chi connectivity index (χ2n) is 6.51. The minimum atomic E-state index is 0.329. The topological polar surface area (TPSA) is 52.9 Å². The molecule has 5 nitrogen and oxygen atoms in total. The highest BCUT2D eigenvalue weighted by Crippen LogP contribution is 2.30. The van der Waals surface area contributed by atoms with Gasteiger partial charge in [-0.3, -0.25) is 15.0 Å². The van der Waals surface area contributed by atoms with Crippen LogP contribution in [0.25, 0.3) is 0 Å². The smallest absolute Gasteiger partial charge is 0.152 e. The lowest BCUT2D eigenvalue weighted by atomic mass is 9.90. The lowest BCUT2D eigenvalue weighted by molar-refractivity contribution is 0.199. The van der Waals surface area contributed by atoms with Crippen molar-refractivity contribution in [3.8, 4) is 0 Å². The summed E-state index contributed by atoms with van der Waals surface area (Å²) < 4.78 is 0. The summed E-state index contributed by atoms with van der Waals surface area (Å²) in [5.41, 5.74) is 4.38. The van der Waals surface area contributed by atoms with Crippen LogP contribution in [-0.2, 0) is 6.54 Å². The highest BCUT2D eigenvalue weighted by atomic mass is 15.5. The van der Waals surface area contributed by atoms with Gasteiger partial charge in [0.25, 0.3) is 0 Å². The third-order valence-corrected chi connectivity index (χ3v) is 4.58. The first kappa shape index (κ1) is 14.2. The first-order valence-electron chi connectivity index (χ1n) is 8.12. The molecule has 0 fully saturated rings. The van der Waals surface area contributed by atoms with Gasteiger partial charge in [-0.05, 0) is 39.0 Å². The minimum Gasteiger partial charge on any atom is -0.339 e. The van der Waals surface area contributed by atoms with Crippen molar-refractivity contribution in [1.29, 1.82) is 0 Å². The Balaban J connectivity index is 1.55. The van der Waals surface area contributed by atoms with Crippen molar-refractivity contribution in [2.45, 2.75) is 39.4 Å². The number of nitrogens with one attached hydrogen (secondary N) is 1. The molecule has 2 aliphatic heterocycles. The summed E-state index contributed by atoms with van der Waals surface area (Å²) in [5.74, 6) is 1.19. The van der Waals surface area contributed by atoms with Gasteiger partial charge in [0.2, 0.25) is 0 Å². The molecule has 3 aliphatic rings. The summed E-state index contributed by atoms with van der Waals surface area (Å²) in [6.45, 7) is 7.17. The van der Waals surface area contributed by atoms with Crippen molar-refractivity contribution in [2.24, 2.45) is 16.0 Å². The van der Waals surface area contributed by atoms with Crippen molar-refractivity contribution in [3.05, 3.63) is 53.5 Å². The van der Waals surface area contributed by atoms with Crippen LogP contribution in [0.1, 0.15) is 32.0 Å². The SMILES string of the molecule is CC1=NN(C(C)C)C2C=CC(NC3=NCc4cccnc43)=CC12. The Morgan fingerprint density at radius 2 is 2.22 bits per heavy atom. The molecule has 1 aromatic heterocycles. The molecule has 1 N–H and O–H groups in total. The quantitative estimate of drug-likeness (QED) is 0.913. The maximum absolute atomic E-state index is 4.72. The average molecular weight is 307 g/mol. The van der Waals surface area contributed by atoms with E-state index in [9.17, 15) is 0 Å². The van der Waals surface area contributed by atoms with E-state index in [0.717, 1.165) is 17.2 Å². The van der Waals surface area contributed by atoms with E-state index < -0.39 is 0 Å². The molecule has 1 aromatic rings. The first-order chi connectivity index (χ1) is 11.1. The van der Waals surface area contributed by atoms with E-state index in [2.05, 4.69) is 65.4 Å². The van der Waals surface area contributed by atoms with Gasteiger partial charge in [0.15, 0.2) is 5.84 Å². The predicted octanol–water partition coefficient (Wildman–Crippen LogP) is 2.47. The Morgan fingerprint density at radius 3 is 3.04 bits per heavy atom. The average Bonchev–Trinajstić information content (AvgIpc) is 3.10. The molecule has 0 aromatic carbocycles. The molecule has 1 aliphatic carbocycles. The second kappa shape index (κ2) is 5.33. The molecule has 0 amide bonds. The van der Waals surface area contributed by atoms with Crippen molar-refractivity contribution in [1.82, 2.24) is 15.3 Å². The molecule has 3 heterocycles. The number of hydrogen-bond acceptors (Lipinski definition) is 5. The van der Waals surface area contributed by atoms with Gasteiger partial charge in [0, 0.05) is 35.1 Å². The van der Waals surface area contributed by atoms with Crippen molar-refractivity contribution in [3.63, 3.8) is 0 Å². The van der Waals surface area contributed by atoms with Crippen LogP contribution < -0.4 is 5.32 Å². The fourth-order valence-electron chi connectivity index (χ4n) is 3.40. The summed E-state index contributed by atoms with van der Waals surface area (Å²) in [5, 5.41) is 10.3. The van der Waals surface area contributed by atoms with Crippen LogP contribution in [0, 0.1) is 5.92 Å². The van der Waals surface area contributed by atoms with Crippen molar-refractivity contribution < 1.29 is 0 Å². The van der Waals surface area contributed by atoms with E-state index >= 15 is 0 Å². The molecule has 23 heavy (non-hydrogen) atoms.